The summed E-state index contributed by atoms with van der Waals surface area (Å²) in [4.78, 5) is 47.3. The van der Waals surface area contributed by atoms with Crippen LogP contribution in [0.15, 0.2) is 30.3 Å². The molecule has 2 atom stereocenters. The number of carbonyl (C=O) groups is 4. The predicted molar refractivity (Wildman–Crippen MR) is 96.9 cm³/mol. The first-order valence-electron chi connectivity index (χ1n) is 8.79. The van der Waals surface area contributed by atoms with Crippen LogP contribution in [0.2, 0.25) is 0 Å². The first-order valence-corrected chi connectivity index (χ1v) is 8.79. The number of carbonyl (C=O) groups excluding carboxylic acids is 4. The highest BCUT2D eigenvalue weighted by Gasteiger charge is 2.36. The van der Waals surface area contributed by atoms with Crippen LogP contribution in [0.4, 0.5) is 4.79 Å². The lowest BCUT2D eigenvalue weighted by atomic mass is 10.2. The van der Waals surface area contributed by atoms with E-state index in [0.717, 1.165) is 5.56 Å². The number of benzene rings is 1. The van der Waals surface area contributed by atoms with E-state index in [2.05, 4.69) is 5.32 Å². The number of alkyl carbamates (subject to hydrolysis) is 1. The Hall–Kier alpha value is -2.94. The molecular weight excluding hydrogens is 368 g/mol. The van der Waals surface area contributed by atoms with Gasteiger partial charge in [0.25, 0.3) is 5.91 Å². The van der Waals surface area contributed by atoms with Crippen LogP contribution in [0.25, 0.3) is 0 Å². The number of amides is 3. The molecule has 3 amide bonds. The van der Waals surface area contributed by atoms with Crippen LogP contribution in [0.1, 0.15) is 32.8 Å². The largest absolute Gasteiger partial charge is 0.450 e. The van der Waals surface area contributed by atoms with E-state index < -0.39 is 41.6 Å². The minimum Gasteiger partial charge on any atom is -0.450 e. The van der Waals surface area contributed by atoms with Crippen molar-refractivity contribution in [1.82, 2.24) is 10.6 Å². The topological polar surface area (TPSA) is 120 Å². The van der Waals surface area contributed by atoms with Crippen LogP contribution in [0.5, 0.6) is 0 Å². The number of imide groups is 1. The van der Waals surface area contributed by atoms with Gasteiger partial charge in [0.15, 0.2) is 12.1 Å². The Balaban J connectivity index is 1.97. The van der Waals surface area contributed by atoms with Crippen LogP contribution >= 0.6 is 0 Å². The second kappa shape index (κ2) is 9.32. The van der Waals surface area contributed by atoms with Crippen LogP contribution in [-0.4, -0.2) is 48.2 Å². The molecule has 0 bridgehead atoms. The van der Waals surface area contributed by atoms with Gasteiger partial charge in [0, 0.05) is 0 Å². The normalized spacial score (nSPS) is 17.6. The lowest BCUT2D eigenvalue weighted by molar-refractivity contribution is -0.157. The van der Waals surface area contributed by atoms with Crippen LogP contribution < -0.4 is 10.6 Å². The Morgan fingerprint density at radius 1 is 1.21 bits per heavy atom. The van der Waals surface area contributed by atoms with E-state index in [4.69, 9.17) is 14.2 Å². The summed E-state index contributed by atoms with van der Waals surface area (Å²) in [6.45, 7) is 5.05. The first kappa shape index (κ1) is 21.4. The minimum absolute atomic E-state index is 0.199. The smallest absolute Gasteiger partial charge is 0.408 e. The molecule has 9 heteroatoms. The van der Waals surface area contributed by atoms with E-state index in [1.54, 1.807) is 20.8 Å². The van der Waals surface area contributed by atoms with Crippen LogP contribution in [-0.2, 0) is 35.2 Å². The van der Waals surface area contributed by atoms with Gasteiger partial charge in [0.2, 0.25) is 5.91 Å². The number of hydrogen-bond acceptors (Lipinski definition) is 7. The Labute approximate surface area is 162 Å². The average molecular weight is 392 g/mol. The molecule has 1 saturated heterocycles. The molecule has 1 aromatic carbocycles. The van der Waals surface area contributed by atoms with Crippen LogP contribution in [0, 0.1) is 0 Å². The number of esters is 1. The Bertz CT molecular complexity index is 728. The second-order valence-corrected chi connectivity index (χ2v) is 7.24. The van der Waals surface area contributed by atoms with Crippen molar-refractivity contribution in [2.24, 2.45) is 0 Å². The average Bonchev–Trinajstić information content (AvgIpc) is 2.90. The third-order valence-corrected chi connectivity index (χ3v) is 3.56. The molecule has 1 fully saturated rings. The summed E-state index contributed by atoms with van der Waals surface area (Å²) in [6.07, 6.45) is -2.31. The fraction of sp³-hybridized carbons (Fsp3) is 0.474. The number of nitrogens with one attached hydrogen (secondary N) is 2. The van der Waals surface area contributed by atoms with Crippen molar-refractivity contribution in [3.63, 3.8) is 0 Å². The van der Waals surface area contributed by atoms with E-state index in [9.17, 15) is 19.2 Å². The maximum Gasteiger partial charge on any atom is 0.408 e. The highest BCUT2D eigenvalue weighted by Crippen LogP contribution is 2.10. The van der Waals surface area contributed by atoms with Gasteiger partial charge >= 0.3 is 12.1 Å². The van der Waals surface area contributed by atoms with Crippen molar-refractivity contribution < 1.29 is 33.4 Å². The standard InChI is InChI=1S/C19H24N2O7/c1-19(2,3)28-18(25)20-13(11-26-10-12-7-5-4-6-8-12)17(24)27-14-9-15(22)21-16(14)23/h4-8,13-14H,9-11H2,1-3H3,(H,20,25)(H,21,22,23)/t13-,14+/m0/s1. The number of rotatable bonds is 7. The summed E-state index contributed by atoms with van der Waals surface area (Å²) < 4.78 is 15.7. The van der Waals surface area contributed by atoms with Gasteiger partial charge in [-0.15, -0.1) is 0 Å². The monoisotopic (exact) mass is 392 g/mol. The van der Waals surface area contributed by atoms with E-state index in [1.165, 1.54) is 0 Å². The molecule has 1 aromatic rings. The molecule has 0 aromatic heterocycles. The van der Waals surface area contributed by atoms with Crippen molar-refractivity contribution in [2.45, 2.75) is 51.5 Å². The number of hydrogen-bond donors (Lipinski definition) is 2. The summed E-state index contributed by atoms with van der Waals surface area (Å²) in [6, 6.07) is 8.05. The van der Waals surface area contributed by atoms with Gasteiger partial charge in [0.1, 0.15) is 5.60 Å². The molecule has 1 aliphatic rings. The summed E-state index contributed by atoms with van der Waals surface area (Å²) in [5, 5.41) is 4.43. The molecule has 0 radical (unpaired) electrons. The summed E-state index contributed by atoms with van der Waals surface area (Å²) >= 11 is 0. The van der Waals surface area contributed by atoms with Crippen molar-refractivity contribution in [3.05, 3.63) is 35.9 Å². The summed E-state index contributed by atoms with van der Waals surface area (Å²) in [5.41, 5.74) is 0.119. The van der Waals surface area contributed by atoms with Gasteiger partial charge < -0.3 is 19.5 Å². The summed E-state index contributed by atoms with van der Waals surface area (Å²) in [5.74, 6) is -2.12. The van der Waals surface area contributed by atoms with Crippen molar-refractivity contribution in [1.29, 1.82) is 0 Å². The highest BCUT2D eigenvalue weighted by molar-refractivity contribution is 6.05. The maximum atomic E-state index is 12.4. The quantitative estimate of drug-likeness (QED) is 0.526. The predicted octanol–water partition coefficient (Wildman–Crippen LogP) is 1.05. The molecule has 9 nitrogen and oxygen atoms in total. The SMILES string of the molecule is CC(C)(C)OC(=O)N[C@@H](COCc1ccccc1)C(=O)O[C@@H]1CC(=O)NC1=O. The van der Waals surface area contributed by atoms with E-state index in [-0.39, 0.29) is 19.6 Å². The van der Waals surface area contributed by atoms with Crippen LogP contribution in [0.3, 0.4) is 0 Å². The zero-order valence-electron chi connectivity index (χ0n) is 16.0. The molecule has 2 N–H and O–H groups in total. The van der Waals surface area contributed by atoms with Crippen molar-refractivity contribution in [3.8, 4) is 0 Å². The zero-order chi connectivity index (χ0) is 20.7. The van der Waals surface area contributed by atoms with Gasteiger partial charge in [-0.1, -0.05) is 30.3 Å². The minimum atomic E-state index is -1.22. The molecule has 28 heavy (non-hydrogen) atoms. The summed E-state index contributed by atoms with van der Waals surface area (Å²) in [7, 11) is 0. The fourth-order valence-electron chi connectivity index (χ4n) is 2.33. The fourth-order valence-corrected chi connectivity index (χ4v) is 2.33. The molecule has 152 valence electrons. The molecule has 1 heterocycles. The highest BCUT2D eigenvalue weighted by atomic mass is 16.6. The Morgan fingerprint density at radius 2 is 1.89 bits per heavy atom. The lowest BCUT2D eigenvalue weighted by Crippen LogP contribution is -2.48. The second-order valence-electron chi connectivity index (χ2n) is 7.24. The first-order chi connectivity index (χ1) is 13.1. The van der Waals surface area contributed by atoms with Gasteiger partial charge in [-0.25, -0.2) is 9.59 Å². The third-order valence-electron chi connectivity index (χ3n) is 3.56. The molecule has 0 unspecified atom stereocenters. The molecule has 0 saturated carbocycles. The van der Waals surface area contributed by atoms with E-state index >= 15 is 0 Å². The maximum absolute atomic E-state index is 12.4. The molecule has 2 rings (SSSR count). The Morgan fingerprint density at radius 3 is 2.46 bits per heavy atom. The molecular formula is C19H24N2O7. The van der Waals surface area contributed by atoms with Gasteiger partial charge in [-0.3, -0.25) is 14.9 Å². The third kappa shape index (κ3) is 6.99. The van der Waals surface area contributed by atoms with Gasteiger partial charge in [-0.2, -0.15) is 0 Å². The zero-order valence-corrected chi connectivity index (χ0v) is 16.0. The Kier molecular flexibility index (Phi) is 7.11. The van der Waals surface area contributed by atoms with Gasteiger partial charge in [0.05, 0.1) is 19.6 Å². The molecule has 1 aliphatic heterocycles. The molecule has 0 spiro atoms. The van der Waals surface area contributed by atoms with Crippen molar-refractivity contribution >= 4 is 23.9 Å². The van der Waals surface area contributed by atoms with E-state index in [0.29, 0.717) is 0 Å². The lowest BCUT2D eigenvalue weighted by Gasteiger charge is -2.23. The number of ether oxygens (including phenoxy) is 3. The molecule has 0 aliphatic carbocycles. The van der Waals surface area contributed by atoms with E-state index in [1.807, 2.05) is 35.6 Å². The van der Waals surface area contributed by atoms with Crippen molar-refractivity contribution in [2.75, 3.05) is 6.61 Å². The van der Waals surface area contributed by atoms with Gasteiger partial charge in [-0.05, 0) is 26.3 Å².